The van der Waals surface area contributed by atoms with Crippen molar-refractivity contribution < 1.29 is 4.79 Å². The zero-order valence-corrected chi connectivity index (χ0v) is 7.92. The van der Waals surface area contributed by atoms with Crippen LogP contribution >= 0.6 is 0 Å². The van der Waals surface area contributed by atoms with Gasteiger partial charge in [-0.3, -0.25) is 4.79 Å². The average molecular weight is 175 g/mol. The standard InChI is InChI=1S/C11H13NO/c1-11(2)5-3-4-9-8(7-11)6-10(13)12-9/h3-5,7H,6H2,1-2H3,(H,12,13). The van der Waals surface area contributed by atoms with Crippen molar-refractivity contribution in [3.63, 3.8) is 0 Å². The van der Waals surface area contributed by atoms with Crippen molar-refractivity contribution in [2.24, 2.45) is 5.41 Å². The van der Waals surface area contributed by atoms with Crippen LogP contribution in [0.2, 0.25) is 0 Å². The van der Waals surface area contributed by atoms with Gasteiger partial charge in [-0.05, 0) is 11.6 Å². The summed E-state index contributed by atoms with van der Waals surface area (Å²) in [5.74, 6) is 0.101. The summed E-state index contributed by atoms with van der Waals surface area (Å²) < 4.78 is 0. The number of hydrogen-bond acceptors (Lipinski definition) is 1. The normalized spacial score (nSPS) is 24.3. The summed E-state index contributed by atoms with van der Waals surface area (Å²) in [7, 11) is 0. The Labute approximate surface area is 78.0 Å². The number of carbonyl (C=O) groups excluding carboxylic acids is 1. The van der Waals surface area contributed by atoms with Gasteiger partial charge >= 0.3 is 0 Å². The van der Waals surface area contributed by atoms with Crippen molar-refractivity contribution in [1.82, 2.24) is 5.32 Å². The van der Waals surface area contributed by atoms with Crippen molar-refractivity contribution in [2.45, 2.75) is 20.3 Å². The lowest BCUT2D eigenvalue weighted by Crippen LogP contribution is -2.11. The zero-order valence-electron chi connectivity index (χ0n) is 7.92. The van der Waals surface area contributed by atoms with E-state index in [1.54, 1.807) is 0 Å². The van der Waals surface area contributed by atoms with E-state index >= 15 is 0 Å². The Morgan fingerprint density at radius 2 is 2.23 bits per heavy atom. The maximum absolute atomic E-state index is 11.1. The van der Waals surface area contributed by atoms with Crippen LogP contribution in [0.3, 0.4) is 0 Å². The Bertz CT molecular complexity index is 345. The summed E-state index contributed by atoms with van der Waals surface area (Å²) in [4.78, 5) is 11.1. The van der Waals surface area contributed by atoms with E-state index in [0.717, 1.165) is 11.3 Å². The molecule has 1 amide bonds. The third-order valence-corrected chi connectivity index (χ3v) is 2.31. The first kappa shape index (κ1) is 8.30. The van der Waals surface area contributed by atoms with Crippen LogP contribution in [-0.2, 0) is 4.79 Å². The van der Waals surface area contributed by atoms with Crippen molar-refractivity contribution in [3.8, 4) is 0 Å². The highest BCUT2D eigenvalue weighted by Gasteiger charge is 2.24. The van der Waals surface area contributed by atoms with Gasteiger partial charge in [0.1, 0.15) is 0 Å². The van der Waals surface area contributed by atoms with Gasteiger partial charge in [0.15, 0.2) is 0 Å². The van der Waals surface area contributed by atoms with Crippen LogP contribution in [0.15, 0.2) is 35.6 Å². The Kier molecular flexibility index (Phi) is 1.65. The number of allylic oxidation sites excluding steroid dienone is 5. The molecule has 2 aliphatic rings. The summed E-state index contributed by atoms with van der Waals surface area (Å²) >= 11 is 0. The lowest BCUT2D eigenvalue weighted by molar-refractivity contribution is -0.118. The van der Waals surface area contributed by atoms with E-state index in [-0.39, 0.29) is 11.3 Å². The van der Waals surface area contributed by atoms with Crippen molar-refractivity contribution in [2.75, 3.05) is 0 Å². The highest BCUT2D eigenvalue weighted by atomic mass is 16.1. The lowest BCUT2D eigenvalue weighted by Gasteiger charge is -2.14. The number of rotatable bonds is 0. The topological polar surface area (TPSA) is 29.1 Å². The van der Waals surface area contributed by atoms with E-state index in [1.807, 2.05) is 12.2 Å². The zero-order chi connectivity index (χ0) is 9.47. The molecule has 0 aromatic carbocycles. The molecule has 0 unspecified atom stereocenters. The average Bonchev–Trinajstić information content (AvgIpc) is 2.23. The van der Waals surface area contributed by atoms with Gasteiger partial charge in [0, 0.05) is 11.1 Å². The van der Waals surface area contributed by atoms with Crippen LogP contribution < -0.4 is 5.32 Å². The van der Waals surface area contributed by atoms with Crippen molar-refractivity contribution in [3.05, 3.63) is 35.6 Å². The molecule has 0 aromatic rings. The number of fused-ring (bicyclic) bond motifs is 1. The minimum atomic E-state index is 0.0554. The van der Waals surface area contributed by atoms with Crippen LogP contribution in [0.25, 0.3) is 0 Å². The number of carbonyl (C=O) groups is 1. The summed E-state index contributed by atoms with van der Waals surface area (Å²) in [6.45, 7) is 4.27. The second-order valence-corrected chi connectivity index (χ2v) is 4.16. The molecular formula is C11H13NO. The highest BCUT2D eigenvalue weighted by Crippen LogP contribution is 2.30. The van der Waals surface area contributed by atoms with E-state index in [2.05, 4.69) is 31.3 Å². The number of amides is 1. The van der Waals surface area contributed by atoms with Crippen LogP contribution in [0.1, 0.15) is 20.3 Å². The Balaban J connectivity index is 2.43. The molecule has 2 heteroatoms. The number of hydrogen-bond donors (Lipinski definition) is 1. The molecule has 0 radical (unpaired) electrons. The second kappa shape index (κ2) is 2.59. The first-order chi connectivity index (χ1) is 6.07. The first-order valence-corrected chi connectivity index (χ1v) is 4.48. The number of nitrogens with one attached hydrogen (secondary N) is 1. The predicted molar refractivity (Wildman–Crippen MR) is 51.8 cm³/mol. The molecule has 0 atom stereocenters. The largest absolute Gasteiger partial charge is 0.326 e. The molecule has 1 saturated heterocycles. The summed E-state index contributed by atoms with van der Waals surface area (Å²) in [6, 6.07) is 0. The quantitative estimate of drug-likeness (QED) is 0.598. The molecule has 68 valence electrons. The Morgan fingerprint density at radius 3 is 3.00 bits per heavy atom. The molecule has 0 spiro atoms. The summed E-state index contributed by atoms with van der Waals surface area (Å²) in [5.41, 5.74) is 2.15. The second-order valence-electron chi connectivity index (χ2n) is 4.16. The van der Waals surface area contributed by atoms with E-state index in [9.17, 15) is 4.79 Å². The molecule has 13 heavy (non-hydrogen) atoms. The van der Waals surface area contributed by atoms with Gasteiger partial charge in [0.2, 0.25) is 5.91 Å². The fourth-order valence-electron chi connectivity index (χ4n) is 1.71. The smallest absolute Gasteiger partial charge is 0.228 e. The van der Waals surface area contributed by atoms with Crippen LogP contribution in [-0.4, -0.2) is 5.91 Å². The molecular weight excluding hydrogens is 162 g/mol. The lowest BCUT2D eigenvalue weighted by atomic mass is 9.91. The molecule has 1 aliphatic carbocycles. The maximum Gasteiger partial charge on any atom is 0.228 e. The fraction of sp³-hybridized carbons (Fsp3) is 0.364. The molecule has 1 fully saturated rings. The SMILES string of the molecule is CC1(C)C=CC=C2NC(=O)CC2=C1. The van der Waals surface area contributed by atoms with E-state index in [1.165, 1.54) is 0 Å². The van der Waals surface area contributed by atoms with E-state index in [0.29, 0.717) is 6.42 Å². The molecule has 1 aliphatic heterocycles. The Morgan fingerprint density at radius 1 is 1.46 bits per heavy atom. The molecule has 1 N–H and O–H groups in total. The summed E-state index contributed by atoms with van der Waals surface area (Å²) in [5, 5.41) is 2.84. The monoisotopic (exact) mass is 175 g/mol. The molecule has 1 heterocycles. The molecule has 0 aromatic heterocycles. The molecule has 2 nitrogen and oxygen atoms in total. The summed E-state index contributed by atoms with van der Waals surface area (Å²) in [6.07, 6.45) is 8.78. The van der Waals surface area contributed by atoms with Crippen molar-refractivity contribution in [1.29, 1.82) is 0 Å². The third-order valence-electron chi connectivity index (χ3n) is 2.31. The maximum atomic E-state index is 11.1. The molecule has 0 saturated carbocycles. The van der Waals surface area contributed by atoms with Crippen LogP contribution in [0.4, 0.5) is 0 Å². The van der Waals surface area contributed by atoms with Gasteiger partial charge in [-0.2, -0.15) is 0 Å². The van der Waals surface area contributed by atoms with Gasteiger partial charge in [0.05, 0.1) is 6.42 Å². The van der Waals surface area contributed by atoms with Crippen LogP contribution in [0, 0.1) is 5.41 Å². The fourth-order valence-corrected chi connectivity index (χ4v) is 1.71. The first-order valence-electron chi connectivity index (χ1n) is 4.48. The van der Waals surface area contributed by atoms with Gasteiger partial charge in [-0.1, -0.05) is 32.1 Å². The molecule has 2 rings (SSSR count). The van der Waals surface area contributed by atoms with Gasteiger partial charge in [-0.25, -0.2) is 0 Å². The highest BCUT2D eigenvalue weighted by molar-refractivity contribution is 5.87. The Hall–Kier alpha value is -1.31. The van der Waals surface area contributed by atoms with Crippen LogP contribution in [0.5, 0.6) is 0 Å². The predicted octanol–water partition coefficient (Wildman–Crippen LogP) is 1.91. The van der Waals surface area contributed by atoms with Gasteiger partial charge in [0.25, 0.3) is 0 Å². The van der Waals surface area contributed by atoms with E-state index < -0.39 is 0 Å². The minimum Gasteiger partial charge on any atom is -0.326 e. The minimum absolute atomic E-state index is 0.0554. The van der Waals surface area contributed by atoms with E-state index in [4.69, 9.17) is 0 Å². The third kappa shape index (κ3) is 1.57. The van der Waals surface area contributed by atoms with Crippen molar-refractivity contribution >= 4 is 5.91 Å². The molecule has 0 bridgehead atoms. The van der Waals surface area contributed by atoms with Gasteiger partial charge < -0.3 is 5.32 Å². The van der Waals surface area contributed by atoms with Gasteiger partial charge in [-0.15, -0.1) is 0 Å².